The van der Waals surface area contributed by atoms with E-state index in [2.05, 4.69) is 4.98 Å². The van der Waals surface area contributed by atoms with Crippen LogP contribution in [0, 0.1) is 17.5 Å². The summed E-state index contributed by atoms with van der Waals surface area (Å²) in [6.45, 7) is 1.41. The molecule has 1 heterocycles. The number of halogens is 3. The molecule has 1 aromatic heterocycles. The molecule has 100 valence electrons. The maximum absolute atomic E-state index is 13.5. The van der Waals surface area contributed by atoms with E-state index < -0.39 is 23.1 Å². The third-order valence-electron chi connectivity index (χ3n) is 2.82. The van der Waals surface area contributed by atoms with Crippen molar-refractivity contribution < 1.29 is 18.3 Å². The summed E-state index contributed by atoms with van der Waals surface area (Å²) in [5, 5.41) is 10.3. The zero-order valence-corrected chi connectivity index (χ0v) is 10.2. The van der Waals surface area contributed by atoms with Crippen molar-refractivity contribution in [3.05, 3.63) is 65.2 Å². The van der Waals surface area contributed by atoms with E-state index in [9.17, 15) is 18.3 Å². The lowest BCUT2D eigenvalue weighted by Crippen LogP contribution is -2.26. The molecule has 0 amide bonds. The van der Waals surface area contributed by atoms with E-state index in [1.165, 1.54) is 13.0 Å². The second-order valence-corrected chi connectivity index (χ2v) is 4.55. The number of rotatable bonds is 3. The van der Waals surface area contributed by atoms with E-state index in [4.69, 9.17) is 0 Å². The predicted octanol–water partition coefficient (Wildman–Crippen LogP) is 2.95. The number of benzene rings is 1. The van der Waals surface area contributed by atoms with Gasteiger partial charge < -0.3 is 5.11 Å². The Morgan fingerprint density at radius 3 is 2.42 bits per heavy atom. The molecule has 1 N–H and O–H groups in total. The standard InChI is InChI=1S/C14H12F3NO/c1-14(19,13-5-3-11(16)8-18-13)7-9-6-10(15)2-4-12(9)17/h2-6,8,19H,7H2,1H3. The Bertz CT molecular complexity index is 582. The summed E-state index contributed by atoms with van der Waals surface area (Å²) in [6.07, 6.45) is 0.807. The summed E-state index contributed by atoms with van der Waals surface area (Å²) in [7, 11) is 0. The number of nitrogens with zero attached hydrogens (tertiary/aromatic N) is 1. The molecule has 0 aliphatic rings. The molecular weight excluding hydrogens is 255 g/mol. The summed E-state index contributed by atoms with van der Waals surface area (Å²) in [6, 6.07) is 5.49. The topological polar surface area (TPSA) is 33.1 Å². The van der Waals surface area contributed by atoms with Crippen LogP contribution in [0.3, 0.4) is 0 Å². The molecule has 1 atom stereocenters. The van der Waals surface area contributed by atoms with Gasteiger partial charge in [0.05, 0.1) is 11.9 Å². The number of aliphatic hydroxyl groups is 1. The molecule has 19 heavy (non-hydrogen) atoms. The molecule has 0 aliphatic heterocycles. The van der Waals surface area contributed by atoms with Crippen LogP contribution < -0.4 is 0 Å². The second kappa shape index (κ2) is 5.01. The quantitative estimate of drug-likeness (QED) is 0.927. The molecule has 1 unspecified atom stereocenters. The van der Waals surface area contributed by atoms with Gasteiger partial charge in [-0.05, 0) is 42.8 Å². The minimum Gasteiger partial charge on any atom is -0.383 e. The van der Waals surface area contributed by atoms with Gasteiger partial charge in [-0.3, -0.25) is 4.98 Å². The van der Waals surface area contributed by atoms with Gasteiger partial charge in [-0.2, -0.15) is 0 Å². The molecule has 2 nitrogen and oxygen atoms in total. The Morgan fingerprint density at radius 2 is 1.79 bits per heavy atom. The van der Waals surface area contributed by atoms with E-state index >= 15 is 0 Å². The molecule has 0 aliphatic carbocycles. The lowest BCUT2D eigenvalue weighted by atomic mass is 9.92. The summed E-state index contributed by atoms with van der Waals surface area (Å²) in [4.78, 5) is 3.76. The average molecular weight is 267 g/mol. The first-order chi connectivity index (χ1) is 8.88. The largest absolute Gasteiger partial charge is 0.383 e. The highest BCUT2D eigenvalue weighted by Crippen LogP contribution is 2.25. The normalized spacial score (nSPS) is 14.2. The molecule has 5 heteroatoms. The number of hydrogen-bond acceptors (Lipinski definition) is 2. The zero-order valence-electron chi connectivity index (χ0n) is 10.2. The van der Waals surface area contributed by atoms with Crippen LogP contribution in [0.25, 0.3) is 0 Å². The van der Waals surface area contributed by atoms with E-state index in [0.717, 1.165) is 30.5 Å². The van der Waals surface area contributed by atoms with Crippen LogP contribution in [0.15, 0.2) is 36.5 Å². The van der Waals surface area contributed by atoms with Crippen molar-refractivity contribution in [1.29, 1.82) is 0 Å². The molecule has 2 aromatic rings. The molecule has 2 rings (SSSR count). The van der Waals surface area contributed by atoms with Crippen molar-refractivity contribution in [1.82, 2.24) is 4.98 Å². The first-order valence-electron chi connectivity index (χ1n) is 5.67. The van der Waals surface area contributed by atoms with Crippen LogP contribution in [0.2, 0.25) is 0 Å². The predicted molar refractivity (Wildman–Crippen MR) is 63.8 cm³/mol. The highest BCUT2D eigenvalue weighted by Gasteiger charge is 2.26. The van der Waals surface area contributed by atoms with Crippen LogP contribution >= 0.6 is 0 Å². The smallest absolute Gasteiger partial charge is 0.141 e. The maximum atomic E-state index is 13.5. The Hall–Kier alpha value is -1.88. The molecule has 1 aromatic carbocycles. The van der Waals surface area contributed by atoms with Crippen LogP contribution in [-0.2, 0) is 12.0 Å². The molecular formula is C14H12F3NO. The van der Waals surface area contributed by atoms with Crippen molar-refractivity contribution in [2.24, 2.45) is 0 Å². The molecule has 0 saturated carbocycles. The molecule has 0 saturated heterocycles. The summed E-state index contributed by atoms with van der Waals surface area (Å²) in [5.74, 6) is -1.72. The summed E-state index contributed by atoms with van der Waals surface area (Å²) in [5.41, 5.74) is -1.28. The van der Waals surface area contributed by atoms with E-state index in [1.54, 1.807) is 0 Å². The maximum Gasteiger partial charge on any atom is 0.141 e. The SMILES string of the molecule is CC(O)(Cc1cc(F)ccc1F)c1ccc(F)cn1. The lowest BCUT2D eigenvalue weighted by molar-refractivity contribution is 0.0519. The van der Waals surface area contributed by atoms with Crippen LogP contribution in [0.5, 0.6) is 0 Å². The Kier molecular flexibility index (Phi) is 3.57. The minimum absolute atomic E-state index is 0.0381. The van der Waals surface area contributed by atoms with Crippen molar-refractivity contribution in [2.45, 2.75) is 18.9 Å². The number of pyridine rings is 1. The third-order valence-corrected chi connectivity index (χ3v) is 2.82. The summed E-state index contributed by atoms with van der Waals surface area (Å²) >= 11 is 0. The monoisotopic (exact) mass is 267 g/mol. The zero-order chi connectivity index (χ0) is 14.0. The fourth-order valence-electron chi connectivity index (χ4n) is 1.83. The highest BCUT2D eigenvalue weighted by atomic mass is 19.1. The molecule has 0 fully saturated rings. The van der Waals surface area contributed by atoms with Crippen molar-refractivity contribution in [3.63, 3.8) is 0 Å². The molecule has 0 bridgehead atoms. The van der Waals surface area contributed by atoms with Crippen LogP contribution in [0.4, 0.5) is 13.2 Å². The van der Waals surface area contributed by atoms with Gasteiger partial charge in [0.1, 0.15) is 23.1 Å². The van der Waals surface area contributed by atoms with Crippen LogP contribution in [-0.4, -0.2) is 10.1 Å². The van der Waals surface area contributed by atoms with E-state index in [-0.39, 0.29) is 17.7 Å². The first-order valence-corrected chi connectivity index (χ1v) is 5.67. The Morgan fingerprint density at radius 1 is 1.11 bits per heavy atom. The van der Waals surface area contributed by atoms with Gasteiger partial charge in [-0.25, -0.2) is 13.2 Å². The van der Waals surface area contributed by atoms with Crippen molar-refractivity contribution in [3.8, 4) is 0 Å². The van der Waals surface area contributed by atoms with Gasteiger partial charge in [0.2, 0.25) is 0 Å². The van der Waals surface area contributed by atoms with E-state index in [0.29, 0.717) is 0 Å². The van der Waals surface area contributed by atoms with Gasteiger partial charge in [0, 0.05) is 6.42 Å². The van der Waals surface area contributed by atoms with Gasteiger partial charge in [-0.15, -0.1) is 0 Å². The Labute approximate surface area is 108 Å². The Balaban J connectivity index is 2.30. The van der Waals surface area contributed by atoms with Gasteiger partial charge in [-0.1, -0.05) is 0 Å². The van der Waals surface area contributed by atoms with Gasteiger partial charge >= 0.3 is 0 Å². The average Bonchev–Trinajstić information content (AvgIpc) is 2.34. The number of aromatic nitrogens is 1. The molecule has 0 radical (unpaired) electrons. The van der Waals surface area contributed by atoms with Crippen molar-refractivity contribution >= 4 is 0 Å². The third kappa shape index (κ3) is 3.12. The highest BCUT2D eigenvalue weighted by molar-refractivity contribution is 5.23. The first kappa shape index (κ1) is 13.5. The van der Waals surface area contributed by atoms with Gasteiger partial charge in [0.25, 0.3) is 0 Å². The fraction of sp³-hybridized carbons (Fsp3) is 0.214. The summed E-state index contributed by atoms with van der Waals surface area (Å²) < 4.78 is 39.4. The number of hydrogen-bond donors (Lipinski definition) is 1. The van der Waals surface area contributed by atoms with Gasteiger partial charge in [0.15, 0.2) is 0 Å². The van der Waals surface area contributed by atoms with Crippen molar-refractivity contribution in [2.75, 3.05) is 0 Å². The molecule has 0 spiro atoms. The fourth-order valence-corrected chi connectivity index (χ4v) is 1.83. The van der Waals surface area contributed by atoms with Crippen LogP contribution in [0.1, 0.15) is 18.2 Å². The minimum atomic E-state index is -1.51. The van der Waals surface area contributed by atoms with E-state index in [1.807, 2.05) is 0 Å². The second-order valence-electron chi connectivity index (χ2n) is 4.55. The lowest BCUT2D eigenvalue weighted by Gasteiger charge is -2.23.